The van der Waals surface area contributed by atoms with E-state index in [2.05, 4.69) is 5.32 Å². The number of hydrogen-bond acceptors (Lipinski definition) is 2. The van der Waals surface area contributed by atoms with Crippen LogP contribution < -0.4 is 5.32 Å². The molecule has 1 aliphatic heterocycles. The number of carbonyl (C=O) groups is 2. The van der Waals surface area contributed by atoms with Crippen LogP contribution in [0.4, 0.5) is 0 Å². The van der Waals surface area contributed by atoms with Gasteiger partial charge in [0.1, 0.15) is 5.54 Å². The van der Waals surface area contributed by atoms with E-state index in [9.17, 15) is 14.7 Å². The van der Waals surface area contributed by atoms with Crippen molar-refractivity contribution in [1.82, 2.24) is 5.32 Å². The number of hydrogen-bond donors (Lipinski definition) is 2. The first-order chi connectivity index (χ1) is 9.63. The summed E-state index contributed by atoms with van der Waals surface area (Å²) in [5.74, 6) is -1.18. The van der Waals surface area contributed by atoms with Gasteiger partial charge in [-0.25, -0.2) is 0 Å². The highest BCUT2D eigenvalue weighted by Gasteiger charge is 2.45. The molecular weight excluding hydrogens is 254 g/mol. The first kappa shape index (κ1) is 12.4. The number of carboxylic acid groups (broad SMARTS) is 1. The Morgan fingerprint density at radius 3 is 2.40 bits per heavy atom. The minimum atomic E-state index is -0.985. The van der Waals surface area contributed by atoms with Gasteiger partial charge >= 0.3 is 5.97 Å². The summed E-state index contributed by atoms with van der Waals surface area (Å²) in [6, 6.07) is 16.3. The molecule has 0 aromatic heterocycles. The second kappa shape index (κ2) is 4.49. The third kappa shape index (κ3) is 1.77. The lowest BCUT2D eigenvalue weighted by atomic mass is 9.81. The van der Waals surface area contributed by atoms with E-state index in [4.69, 9.17) is 0 Å². The summed E-state index contributed by atoms with van der Waals surface area (Å²) < 4.78 is 0. The molecule has 1 amide bonds. The Morgan fingerprint density at radius 2 is 1.70 bits per heavy atom. The Bertz CT molecular complexity index is 677. The lowest BCUT2D eigenvalue weighted by molar-refractivity contribution is -0.138. The molecule has 100 valence electrons. The van der Waals surface area contributed by atoms with Crippen LogP contribution in [0.2, 0.25) is 0 Å². The third-order valence-electron chi connectivity index (χ3n) is 3.64. The summed E-state index contributed by atoms with van der Waals surface area (Å²) in [6.07, 6.45) is -0.181. The van der Waals surface area contributed by atoms with Crippen molar-refractivity contribution in [3.8, 4) is 0 Å². The van der Waals surface area contributed by atoms with Gasteiger partial charge in [0.05, 0.1) is 6.42 Å². The number of fused-ring (bicyclic) bond motifs is 1. The number of aliphatic carboxylic acids is 1. The van der Waals surface area contributed by atoms with Gasteiger partial charge in [-0.15, -0.1) is 0 Å². The van der Waals surface area contributed by atoms with E-state index in [1.54, 1.807) is 12.1 Å². The number of nitrogens with one attached hydrogen (secondary N) is 1. The van der Waals surface area contributed by atoms with Crippen molar-refractivity contribution in [1.29, 1.82) is 0 Å². The highest BCUT2D eigenvalue weighted by molar-refractivity contribution is 6.01. The van der Waals surface area contributed by atoms with Gasteiger partial charge in [0.15, 0.2) is 0 Å². The summed E-state index contributed by atoms with van der Waals surface area (Å²) >= 11 is 0. The van der Waals surface area contributed by atoms with Gasteiger partial charge in [-0.1, -0.05) is 48.5 Å². The Balaban J connectivity index is 2.24. The predicted octanol–water partition coefficient (Wildman–Crippen LogP) is 2.15. The van der Waals surface area contributed by atoms with E-state index < -0.39 is 11.5 Å². The summed E-state index contributed by atoms with van der Waals surface area (Å²) in [5.41, 5.74) is 1.05. The Morgan fingerprint density at radius 1 is 1.05 bits per heavy atom. The molecule has 1 atom stereocenters. The number of amides is 1. The van der Waals surface area contributed by atoms with Crippen molar-refractivity contribution in [2.45, 2.75) is 12.0 Å². The smallest absolute Gasteiger partial charge is 0.306 e. The number of benzene rings is 2. The molecule has 0 fully saturated rings. The van der Waals surface area contributed by atoms with Gasteiger partial charge in [-0.3, -0.25) is 9.59 Å². The Labute approximate surface area is 116 Å². The maximum atomic E-state index is 12.1. The fourth-order valence-corrected chi connectivity index (χ4v) is 2.80. The molecule has 4 heteroatoms. The van der Waals surface area contributed by atoms with Crippen LogP contribution in [-0.2, 0) is 10.3 Å². The average molecular weight is 267 g/mol. The van der Waals surface area contributed by atoms with Crippen LogP contribution in [-0.4, -0.2) is 17.0 Å². The van der Waals surface area contributed by atoms with Crippen LogP contribution in [0.5, 0.6) is 0 Å². The largest absolute Gasteiger partial charge is 0.481 e. The van der Waals surface area contributed by atoms with Crippen molar-refractivity contribution >= 4 is 11.9 Å². The molecule has 1 heterocycles. The maximum Gasteiger partial charge on any atom is 0.306 e. The molecule has 1 aliphatic rings. The maximum absolute atomic E-state index is 12.1. The van der Waals surface area contributed by atoms with Gasteiger partial charge in [0.2, 0.25) is 0 Å². The van der Waals surface area contributed by atoms with Crippen molar-refractivity contribution in [3.05, 3.63) is 71.3 Å². The SMILES string of the molecule is O=C(O)CC1(c2ccccc2)NC(=O)c2ccccc21. The zero-order valence-corrected chi connectivity index (χ0v) is 10.7. The molecule has 2 aromatic carbocycles. The number of carboxylic acids is 1. The average Bonchev–Trinajstić information content (AvgIpc) is 2.74. The normalized spacial score (nSPS) is 20.3. The zero-order valence-electron chi connectivity index (χ0n) is 10.7. The van der Waals surface area contributed by atoms with E-state index in [-0.39, 0.29) is 12.3 Å². The monoisotopic (exact) mass is 267 g/mol. The van der Waals surface area contributed by atoms with Crippen LogP contribution in [0.25, 0.3) is 0 Å². The van der Waals surface area contributed by atoms with E-state index in [0.29, 0.717) is 5.56 Å². The zero-order chi connectivity index (χ0) is 14.2. The summed E-state index contributed by atoms with van der Waals surface area (Å²) in [5, 5.41) is 12.1. The molecule has 4 nitrogen and oxygen atoms in total. The van der Waals surface area contributed by atoms with Crippen LogP contribution in [0.1, 0.15) is 27.9 Å². The van der Waals surface area contributed by atoms with E-state index in [0.717, 1.165) is 11.1 Å². The van der Waals surface area contributed by atoms with Gasteiger partial charge in [0.25, 0.3) is 5.91 Å². The van der Waals surface area contributed by atoms with E-state index in [1.807, 2.05) is 42.5 Å². The molecule has 0 spiro atoms. The summed E-state index contributed by atoms with van der Waals surface area (Å²) in [4.78, 5) is 23.4. The van der Waals surface area contributed by atoms with E-state index >= 15 is 0 Å². The molecule has 2 aromatic rings. The van der Waals surface area contributed by atoms with Gasteiger partial charge in [-0.2, -0.15) is 0 Å². The van der Waals surface area contributed by atoms with Gasteiger partial charge in [0, 0.05) is 5.56 Å². The molecule has 0 radical (unpaired) electrons. The highest BCUT2D eigenvalue weighted by atomic mass is 16.4. The summed E-state index contributed by atoms with van der Waals surface area (Å²) in [6.45, 7) is 0. The number of carbonyl (C=O) groups excluding carboxylic acids is 1. The first-order valence-corrected chi connectivity index (χ1v) is 6.33. The molecule has 0 aliphatic carbocycles. The minimum Gasteiger partial charge on any atom is -0.481 e. The quantitative estimate of drug-likeness (QED) is 0.895. The topological polar surface area (TPSA) is 66.4 Å². The van der Waals surface area contributed by atoms with Crippen molar-refractivity contribution < 1.29 is 14.7 Å². The van der Waals surface area contributed by atoms with Crippen LogP contribution >= 0.6 is 0 Å². The molecule has 3 rings (SSSR count). The van der Waals surface area contributed by atoms with Crippen molar-refractivity contribution in [2.24, 2.45) is 0 Å². The molecule has 1 unspecified atom stereocenters. The summed E-state index contributed by atoms with van der Waals surface area (Å²) in [7, 11) is 0. The predicted molar refractivity (Wildman–Crippen MR) is 73.4 cm³/mol. The number of rotatable bonds is 3. The molecule has 0 bridgehead atoms. The molecular formula is C16H13NO3. The van der Waals surface area contributed by atoms with Crippen molar-refractivity contribution in [3.63, 3.8) is 0 Å². The second-order valence-electron chi connectivity index (χ2n) is 4.84. The fourth-order valence-electron chi connectivity index (χ4n) is 2.80. The van der Waals surface area contributed by atoms with Crippen LogP contribution in [0, 0.1) is 0 Å². The van der Waals surface area contributed by atoms with Gasteiger partial charge < -0.3 is 10.4 Å². The standard InChI is InChI=1S/C16H13NO3/c18-14(19)10-16(11-6-2-1-3-7-11)13-9-5-4-8-12(13)15(20)17-16/h1-9H,10H2,(H,17,20)(H,18,19). The van der Waals surface area contributed by atoms with Crippen molar-refractivity contribution in [2.75, 3.05) is 0 Å². The van der Waals surface area contributed by atoms with Gasteiger partial charge in [-0.05, 0) is 17.2 Å². The minimum absolute atomic E-state index is 0.181. The molecule has 0 saturated heterocycles. The Kier molecular flexibility index (Phi) is 2.79. The molecule has 20 heavy (non-hydrogen) atoms. The third-order valence-corrected chi connectivity index (χ3v) is 3.64. The Hall–Kier alpha value is -2.62. The van der Waals surface area contributed by atoms with Crippen LogP contribution in [0.15, 0.2) is 54.6 Å². The van der Waals surface area contributed by atoms with Crippen LogP contribution in [0.3, 0.4) is 0 Å². The van der Waals surface area contributed by atoms with E-state index in [1.165, 1.54) is 0 Å². The fraction of sp³-hybridized carbons (Fsp3) is 0.125. The second-order valence-corrected chi connectivity index (χ2v) is 4.84. The lowest BCUT2D eigenvalue weighted by Gasteiger charge is -2.29. The highest BCUT2D eigenvalue weighted by Crippen LogP contribution is 2.39. The molecule has 0 saturated carbocycles. The lowest BCUT2D eigenvalue weighted by Crippen LogP contribution is -2.42. The molecule has 2 N–H and O–H groups in total. The first-order valence-electron chi connectivity index (χ1n) is 6.33.